The molecular formula is C15H24N4OS. The Labute approximate surface area is 130 Å². The van der Waals surface area contributed by atoms with Crippen LogP contribution >= 0.6 is 11.3 Å². The van der Waals surface area contributed by atoms with E-state index in [2.05, 4.69) is 39.7 Å². The molecule has 2 aliphatic heterocycles. The summed E-state index contributed by atoms with van der Waals surface area (Å²) in [6.45, 7) is 7.05. The number of carbonyl (C=O) groups excluding carboxylic acids is 1. The summed E-state index contributed by atoms with van der Waals surface area (Å²) in [7, 11) is 2.17. The van der Waals surface area contributed by atoms with Gasteiger partial charge in [0.05, 0.1) is 0 Å². The summed E-state index contributed by atoms with van der Waals surface area (Å²) in [6.07, 6.45) is 0.930. The number of piperazine rings is 1. The van der Waals surface area contributed by atoms with E-state index < -0.39 is 0 Å². The standard InChI is InChI=1S/C15H24N4OS/c1-17-6-8-18(9-7-17)13-11-19(12-13)15(20)16-5-4-14-3-2-10-21-14/h2-3,10,13H,4-9,11-12H2,1H3,(H,16,20). The van der Waals surface area contributed by atoms with Crippen molar-refractivity contribution >= 4 is 17.4 Å². The van der Waals surface area contributed by atoms with E-state index in [1.807, 2.05) is 4.90 Å². The van der Waals surface area contributed by atoms with E-state index in [0.717, 1.165) is 52.2 Å². The van der Waals surface area contributed by atoms with Gasteiger partial charge in [0.25, 0.3) is 0 Å². The molecule has 6 heteroatoms. The fraction of sp³-hybridized carbons (Fsp3) is 0.667. The number of nitrogens with zero attached hydrogens (tertiary/aromatic N) is 3. The first-order valence-corrected chi connectivity index (χ1v) is 8.58. The fourth-order valence-electron chi connectivity index (χ4n) is 2.90. The maximum absolute atomic E-state index is 12.0. The first kappa shape index (κ1) is 14.8. The van der Waals surface area contributed by atoms with Gasteiger partial charge >= 0.3 is 6.03 Å². The average molecular weight is 308 g/mol. The van der Waals surface area contributed by atoms with Crippen molar-refractivity contribution in [1.82, 2.24) is 20.0 Å². The molecule has 3 rings (SSSR count). The minimum atomic E-state index is 0.0944. The highest BCUT2D eigenvalue weighted by Gasteiger charge is 2.35. The van der Waals surface area contributed by atoms with E-state index in [0.29, 0.717) is 6.04 Å². The predicted octanol–water partition coefficient (Wildman–Crippen LogP) is 0.932. The molecule has 0 saturated carbocycles. The minimum absolute atomic E-state index is 0.0944. The van der Waals surface area contributed by atoms with Crippen LogP contribution in [0.3, 0.4) is 0 Å². The number of likely N-dealkylation sites (tertiary alicyclic amines) is 1. The van der Waals surface area contributed by atoms with Gasteiger partial charge in [-0.3, -0.25) is 4.90 Å². The second-order valence-electron chi connectivity index (χ2n) is 5.96. The first-order valence-electron chi connectivity index (χ1n) is 7.70. The van der Waals surface area contributed by atoms with Gasteiger partial charge in [-0.25, -0.2) is 4.79 Å². The predicted molar refractivity (Wildman–Crippen MR) is 85.9 cm³/mol. The highest BCUT2D eigenvalue weighted by atomic mass is 32.1. The number of nitrogens with one attached hydrogen (secondary N) is 1. The highest BCUT2D eigenvalue weighted by molar-refractivity contribution is 7.09. The van der Waals surface area contributed by atoms with Crippen LogP contribution in [-0.2, 0) is 6.42 Å². The summed E-state index contributed by atoms with van der Waals surface area (Å²) >= 11 is 1.75. The molecule has 2 saturated heterocycles. The van der Waals surface area contributed by atoms with Crippen LogP contribution in [0.15, 0.2) is 17.5 Å². The molecule has 3 heterocycles. The zero-order valence-electron chi connectivity index (χ0n) is 12.6. The van der Waals surface area contributed by atoms with Crippen LogP contribution < -0.4 is 5.32 Å². The van der Waals surface area contributed by atoms with Crippen molar-refractivity contribution in [3.63, 3.8) is 0 Å². The Bertz CT molecular complexity index is 450. The minimum Gasteiger partial charge on any atom is -0.338 e. The van der Waals surface area contributed by atoms with Gasteiger partial charge in [-0.2, -0.15) is 0 Å². The number of thiophene rings is 1. The van der Waals surface area contributed by atoms with Crippen molar-refractivity contribution < 1.29 is 4.79 Å². The molecule has 0 spiro atoms. The molecule has 2 amide bonds. The highest BCUT2D eigenvalue weighted by Crippen LogP contribution is 2.16. The number of urea groups is 1. The lowest BCUT2D eigenvalue weighted by atomic mass is 10.1. The average Bonchev–Trinajstić information content (AvgIpc) is 2.92. The van der Waals surface area contributed by atoms with Crippen molar-refractivity contribution in [2.45, 2.75) is 12.5 Å². The second kappa shape index (κ2) is 6.77. The Hall–Kier alpha value is -1.11. The third-order valence-corrected chi connectivity index (χ3v) is 5.37. The Balaban J connectivity index is 1.33. The third kappa shape index (κ3) is 3.75. The number of amides is 2. The molecule has 2 aliphatic rings. The molecule has 0 radical (unpaired) electrons. The van der Waals surface area contributed by atoms with Gasteiger partial charge in [-0.15, -0.1) is 11.3 Å². The van der Waals surface area contributed by atoms with Crippen molar-refractivity contribution in [2.75, 3.05) is 52.9 Å². The van der Waals surface area contributed by atoms with Crippen LogP contribution in [0.2, 0.25) is 0 Å². The number of hydrogen-bond donors (Lipinski definition) is 1. The third-order valence-electron chi connectivity index (χ3n) is 4.43. The van der Waals surface area contributed by atoms with E-state index in [4.69, 9.17) is 0 Å². The molecular weight excluding hydrogens is 284 g/mol. The summed E-state index contributed by atoms with van der Waals surface area (Å²) in [6, 6.07) is 4.83. The van der Waals surface area contributed by atoms with Gasteiger partial charge < -0.3 is 15.1 Å². The first-order chi connectivity index (χ1) is 10.2. The number of hydrogen-bond acceptors (Lipinski definition) is 4. The van der Waals surface area contributed by atoms with Gasteiger partial charge in [-0.1, -0.05) is 6.07 Å². The molecule has 1 aromatic rings. The smallest absolute Gasteiger partial charge is 0.317 e. The lowest BCUT2D eigenvalue weighted by Crippen LogP contribution is -2.65. The molecule has 116 valence electrons. The summed E-state index contributed by atoms with van der Waals surface area (Å²) in [4.78, 5) is 20.2. The van der Waals surface area contributed by atoms with Crippen LogP contribution in [0, 0.1) is 0 Å². The topological polar surface area (TPSA) is 38.8 Å². The van der Waals surface area contributed by atoms with Crippen LogP contribution in [0.1, 0.15) is 4.88 Å². The molecule has 2 fully saturated rings. The fourth-order valence-corrected chi connectivity index (χ4v) is 3.61. The molecule has 0 atom stereocenters. The summed E-state index contributed by atoms with van der Waals surface area (Å²) in [5.74, 6) is 0. The van der Waals surface area contributed by atoms with Crippen molar-refractivity contribution in [3.8, 4) is 0 Å². The Morgan fingerprint density at radius 2 is 2.10 bits per heavy atom. The lowest BCUT2D eigenvalue weighted by Gasteiger charge is -2.47. The van der Waals surface area contributed by atoms with E-state index in [-0.39, 0.29) is 6.03 Å². The molecule has 0 bridgehead atoms. The van der Waals surface area contributed by atoms with Gasteiger partial charge in [0, 0.05) is 56.7 Å². The van der Waals surface area contributed by atoms with E-state index >= 15 is 0 Å². The largest absolute Gasteiger partial charge is 0.338 e. The Morgan fingerprint density at radius 3 is 2.76 bits per heavy atom. The molecule has 0 aromatic carbocycles. The van der Waals surface area contributed by atoms with Gasteiger partial charge in [-0.05, 0) is 24.9 Å². The molecule has 1 aromatic heterocycles. The Morgan fingerprint density at radius 1 is 1.33 bits per heavy atom. The summed E-state index contributed by atoms with van der Waals surface area (Å²) in [5, 5.41) is 5.10. The number of rotatable bonds is 4. The Kier molecular flexibility index (Phi) is 4.77. The monoisotopic (exact) mass is 308 g/mol. The maximum atomic E-state index is 12.0. The van der Waals surface area contributed by atoms with Gasteiger partial charge in [0.2, 0.25) is 0 Å². The summed E-state index contributed by atoms with van der Waals surface area (Å²) in [5.41, 5.74) is 0. The van der Waals surface area contributed by atoms with E-state index in [1.54, 1.807) is 11.3 Å². The molecule has 21 heavy (non-hydrogen) atoms. The van der Waals surface area contributed by atoms with Crippen molar-refractivity contribution in [3.05, 3.63) is 22.4 Å². The van der Waals surface area contributed by atoms with Gasteiger partial charge in [0.1, 0.15) is 0 Å². The maximum Gasteiger partial charge on any atom is 0.317 e. The van der Waals surface area contributed by atoms with Crippen LogP contribution in [-0.4, -0.2) is 79.6 Å². The SMILES string of the molecule is CN1CCN(C2CN(C(=O)NCCc3cccs3)C2)CC1. The van der Waals surface area contributed by atoms with Gasteiger partial charge in [0.15, 0.2) is 0 Å². The molecule has 5 nitrogen and oxygen atoms in total. The van der Waals surface area contributed by atoms with Crippen LogP contribution in [0.5, 0.6) is 0 Å². The normalized spacial score (nSPS) is 21.3. The van der Waals surface area contributed by atoms with Crippen molar-refractivity contribution in [1.29, 1.82) is 0 Å². The van der Waals surface area contributed by atoms with E-state index in [1.165, 1.54) is 4.88 Å². The number of likely N-dealkylation sites (N-methyl/N-ethyl adjacent to an activating group) is 1. The van der Waals surface area contributed by atoms with Crippen molar-refractivity contribution in [2.24, 2.45) is 0 Å². The van der Waals surface area contributed by atoms with E-state index in [9.17, 15) is 4.79 Å². The zero-order chi connectivity index (χ0) is 14.7. The van der Waals surface area contributed by atoms with Crippen LogP contribution in [0.4, 0.5) is 4.79 Å². The summed E-state index contributed by atoms with van der Waals surface area (Å²) < 4.78 is 0. The number of carbonyl (C=O) groups is 1. The van der Waals surface area contributed by atoms with Crippen LogP contribution in [0.25, 0.3) is 0 Å². The second-order valence-corrected chi connectivity index (χ2v) is 6.99. The quantitative estimate of drug-likeness (QED) is 0.899. The molecule has 0 unspecified atom stereocenters. The molecule has 0 aliphatic carbocycles. The lowest BCUT2D eigenvalue weighted by molar-refractivity contribution is 0.0287. The zero-order valence-corrected chi connectivity index (χ0v) is 13.4. The molecule has 1 N–H and O–H groups in total.